The maximum absolute atomic E-state index is 10.8. The third kappa shape index (κ3) is 3.44. The molecule has 0 aliphatic rings. The molecule has 0 spiro atoms. The lowest BCUT2D eigenvalue weighted by Gasteiger charge is -2.01. The monoisotopic (exact) mass is 228 g/mol. The Kier molecular flexibility index (Phi) is 3.47. The highest BCUT2D eigenvalue weighted by Crippen LogP contribution is 2.14. The number of hydrazone groups is 1. The second-order valence-corrected chi connectivity index (χ2v) is 3.91. The molecule has 0 aromatic heterocycles. The van der Waals surface area contributed by atoms with Crippen molar-refractivity contribution in [1.29, 1.82) is 5.53 Å². The Hall–Kier alpha value is -1.80. The topological polar surface area (TPSA) is 115 Å². The summed E-state index contributed by atoms with van der Waals surface area (Å²) in [5.41, 5.74) is 9.21. The smallest absolute Gasteiger partial charge is 0.282 e. The van der Waals surface area contributed by atoms with Gasteiger partial charge in [0.25, 0.3) is 10.1 Å². The summed E-state index contributed by atoms with van der Waals surface area (Å²) in [6.45, 7) is 0. The average molecular weight is 228 g/mol. The lowest BCUT2D eigenvalue weighted by atomic mass is 10.3. The van der Waals surface area contributed by atoms with E-state index in [4.69, 9.17) is 10.1 Å². The minimum atomic E-state index is -4.21. The van der Waals surface area contributed by atoms with E-state index >= 15 is 0 Å². The summed E-state index contributed by atoms with van der Waals surface area (Å²) in [6, 6.07) is 5.45. The molecule has 0 amide bonds. The standard InChI is InChI=1S/C7H8N4O3S/c8-9-5-10-11-6-2-1-3-7(4-6)15(12,13)14/h1-5,8,11H,(H,12,13,14). The molecule has 0 aliphatic heterocycles. The summed E-state index contributed by atoms with van der Waals surface area (Å²) in [5.74, 6) is 0. The summed E-state index contributed by atoms with van der Waals surface area (Å²) in [4.78, 5) is -0.231. The Balaban J connectivity index is 2.93. The highest BCUT2D eigenvalue weighted by atomic mass is 32.2. The van der Waals surface area contributed by atoms with Crippen LogP contribution in [0, 0.1) is 5.53 Å². The van der Waals surface area contributed by atoms with E-state index in [1.807, 2.05) is 0 Å². The van der Waals surface area contributed by atoms with Gasteiger partial charge in [0.1, 0.15) is 0 Å². The molecule has 7 nitrogen and oxygen atoms in total. The van der Waals surface area contributed by atoms with Gasteiger partial charge in [0.15, 0.2) is 6.34 Å². The van der Waals surface area contributed by atoms with Crippen molar-refractivity contribution in [2.24, 2.45) is 10.2 Å². The first-order chi connectivity index (χ1) is 7.04. The molecule has 0 saturated heterocycles. The van der Waals surface area contributed by atoms with Crippen molar-refractivity contribution >= 4 is 22.1 Å². The second kappa shape index (κ2) is 4.62. The van der Waals surface area contributed by atoms with Crippen LogP contribution in [0.4, 0.5) is 5.69 Å². The largest absolute Gasteiger partial charge is 0.294 e. The molecular weight excluding hydrogens is 220 g/mol. The van der Waals surface area contributed by atoms with Crippen LogP contribution in [0.3, 0.4) is 0 Å². The van der Waals surface area contributed by atoms with Gasteiger partial charge in [-0.05, 0) is 18.2 Å². The van der Waals surface area contributed by atoms with Crippen molar-refractivity contribution in [2.45, 2.75) is 4.90 Å². The highest BCUT2D eigenvalue weighted by Gasteiger charge is 2.08. The number of rotatable bonds is 4. The fourth-order valence-electron chi connectivity index (χ4n) is 0.858. The van der Waals surface area contributed by atoms with E-state index in [1.54, 1.807) is 6.07 Å². The van der Waals surface area contributed by atoms with E-state index in [9.17, 15) is 8.42 Å². The average Bonchev–Trinajstić information content (AvgIpc) is 2.17. The van der Waals surface area contributed by atoms with Crippen LogP contribution in [0.1, 0.15) is 0 Å². The van der Waals surface area contributed by atoms with Crippen LogP contribution in [0.2, 0.25) is 0 Å². The van der Waals surface area contributed by atoms with Gasteiger partial charge in [0.2, 0.25) is 0 Å². The summed E-state index contributed by atoms with van der Waals surface area (Å²) >= 11 is 0. The van der Waals surface area contributed by atoms with Gasteiger partial charge >= 0.3 is 0 Å². The molecule has 1 aromatic carbocycles. The van der Waals surface area contributed by atoms with Gasteiger partial charge in [-0.15, -0.1) is 5.11 Å². The van der Waals surface area contributed by atoms with Gasteiger partial charge in [0.05, 0.1) is 10.6 Å². The molecule has 80 valence electrons. The molecule has 15 heavy (non-hydrogen) atoms. The molecule has 8 heteroatoms. The van der Waals surface area contributed by atoms with Crippen molar-refractivity contribution < 1.29 is 13.0 Å². The third-order valence-electron chi connectivity index (χ3n) is 1.44. The predicted octanol–water partition coefficient (Wildman–Crippen LogP) is 1.32. The predicted molar refractivity (Wildman–Crippen MR) is 53.5 cm³/mol. The number of nitrogens with one attached hydrogen (secondary N) is 2. The van der Waals surface area contributed by atoms with E-state index in [0.717, 1.165) is 6.34 Å². The fourth-order valence-corrected chi connectivity index (χ4v) is 1.38. The Labute approximate surface area is 86.1 Å². The lowest BCUT2D eigenvalue weighted by Crippen LogP contribution is -1.98. The number of hydrogen-bond donors (Lipinski definition) is 3. The molecule has 0 atom stereocenters. The fraction of sp³-hybridized carbons (Fsp3) is 0. The van der Waals surface area contributed by atoms with Crippen molar-refractivity contribution in [3.8, 4) is 0 Å². The van der Waals surface area contributed by atoms with Crippen LogP contribution in [0.5, 0.6) is 0 Å². The summed E-state index contributed by atoms with van der Waals surface area (Å²) < 4.78 is 30.3. The molecule has 0 saturated carbocycles. The number of hydrogen-bond acceptors (Lipinski definition) is 5. The SMILES string of the molecule is N=NC=NNc1cccc(S(=O)(=O)O)c1. The Morgan fingerprint density at radius 1 is 1.47 bits per heavy atom. The van der Waals surface area contributed by atoms with Gasteiger partial charge in [-0.2, -0.15) is 13.5 Å². The Bertz CT molecular complexity index is 483. The summed E-state index contributed by atoms with van der Waals surface area (Å²) in [6.07, 6.45) is 0.945. The van der Waals surface area contributed by atoms with Crippen LogP contribution < -0.4 is 5.43 Å². The summed E-state index contributed by atoms with van der Waals surface area (Å²) in [7, 11) is -4.21. The van der Waals surface area contributed by atoms with E-state index in [2.05, 4.69) is 15.6 Å². The maximum Gasteiger partial charge on any atom is 0.294 e. The number of anilines is 1. The summed E-state index contributed by atoms with van der Waals surface area (Å²) in [5, 5.41) is 6.33. The zero-order chi connectivity index (χ0) is 11.3. The molecule has 3 N–H and O–H groups in total. The quantitative estimate of drug-likeness (QED) is 0.237. The minimum absolute atomic E-state index is 0.231. The van der Waals surface area contributed by atoms with Crippen LogP contribution in [-0.4, -0.2) is 19.3 Å². The van der Waals surface area contributed by atoms with Gasteiger partial charge in [0, 0.05) is 0 Å². The van der Waals surface area contributed by atoms with E-state index in [-0.39, 0.29) is 4.90 Å². The molecule has 0 fully saturated rings. The molecule has 0 unspecified atom stereocenters. The maximum atomic E-state index is 10.8. The van der Waals surface area contributed by atoms with Crippen LogP contribution in [-0.2, 0) is 10.1 Å². The zero-order valence-corrected chi connectivity index (χ0v) is 8.27. The molecule has 0 aliphatic carbocycles. The van der Waals surface area contributed by atoms with Gasteiger partial charge in [-0.1, -0.05) is 6.07 Å². The minimum Gasteiger partial charge on any atom is -0.282 e. The van der Waals surface area contributed by atoms with Crippen LogP contribution in [0.25, 0.3) is 0 Å². The van der Waals surface area contributed by atoms with E-state index in [0.29, 0.717) is 5.69 Å². The molecule has 0 radical (unpaired) electrons. The molecule has 0 heterocycles. The van der Waals surface area contributed by atoms with Gasteiger partial charge < -0.3 is 0 Å². The normalized spacial score (nSPS) is 11.5. The van der Waals surface area contributed by atoms with Crippen LogP contribution >= 0.6 is 0 Å². The van der Waals surface area contributed by atoms with Crippen molar-refractivity contribution in [1.82, 2.24) is 0 Å². The van der Waals surface area contributed by atoms with E-state index < -0.39 is 10.1 Å². The molecule has 1 rings (SSSR count). The first-order valence-corrected chi connectivity index (χ1v) is 5.20. The molecule has 0 bridgehead atoms. The Morgan fingerprint density at radius 2 is 2.20 bits per heavy atom. The second-order valence-electron chi connectivity index (χ2n) is 2.49. The van der Waals surface area contributed by atoms with E-state index in [1.165, 1.54) is 18.2 Å². The van der Waals surface area contributed by atoms with Gasteiger partial charge in [-0.25, -0.2) is 5.53 Å². The highest BCUT2D eigenvalue weighted by molar-refractivity contribution is 7.85. The Morgan fingerprint density at radius 3 is 2.80 bits per heavy atom. The van der Waals surface area contributed by atoms with Crippen molar-refractivity contribution in [3.63, 3.8) is 0 Å². The lowest BCUT2D eigenvalue weighted by molar-refractivity contribution is 0.483. The first kappa shape index (κ1) is 11.3. The van der Waals surface area contributed by atoms with Gasteiger partial charge in [-0.3, -0.25) is 9.98 Å². The third-order valence-corrected chi connectivity index (χ3v) is 2.29. The molecular formula is C7H8N4O3S. The van der Waals surface area contributed by atoms with Crippen molar-refractivity contribution in [2.75, 3.05) is 5.43 Å². The van der Waals surface area contributed by atoms with Crippen molar-refractivity contribution in [3.05, 3.63) is 24.3 Å². The number of benzene rings is 1. The van der Waals surface area contributed by atoms with Crippen LogP contribution in [0.15, 0.2) is 39.4 Å². The number of nitrogens with zero attached hydrogens (tertiary/aromatic N) is 2. The molecule has 1 aromatic rings. The first-order valence-electron chi connectivity index (χ1n) is 3.76. The zero-order valence-electron chi connectivity index (χ0n) is 7.45.